The van der Waals surface area contributed by atoms with E-state index in [9.17, 15) is 0 Å². The molecule has 1 rings (SSSR count). The van der Waals surface area contributed by atoms with Crippen molar-refractivity contribution >= 4 is 12.2 Å². The summed E-state index contributed by atoms with van der Waals surface area (Å²) in [7, 11) is 0. The molecule has 1 aromatic rings. The first kappa shape index (κ1) is 16.0. The van der Waals surface area contributed by atoms with E-state index in [4.69, 9.17) is 16.2 Å². The lowest BCUT2D eigenvalue weighted by Crippen LogP contribution is -2.21. The molecule has 110 valence electrons. The molecule has 0 atom stereocenters. The summed E-state index contributed by atoms with van der Waals surface area (Å²) >= 11 is 0. The Morgan fingerprint density at radius 3 is 2.35 bits per heavy atom. The fraction of sp³-hybridized carbons (Fsp3) is 0.467. The first-order chi connectivity index (χ1) is 9.40. The van der Waals surface area contributed by atoms with Crippen LogP contribution in [0.1, 0.15) is 37.0 Å². The monoisotopic (exact) mass is 276 g/mol. The molecule has 0 aliphatic rings. The summed E-state index contributed by atoms with van der Waals surface area (Å²) in [4.78, 5) is 0. The lowest BCUT2D eigenvalue weighted by atomic mass is 10.0. The second kappa shape index (κ2) is 7.53. The van der Waals surface area contributed by atoms with Gasteiger partial charge in [-0.25, -0.2) is 0 Å². The third-order valence-corrected chi connectivity index (χ3v) is 2.89. The third-order valence-electron chi connectivity index (χ3n) is 2.89. The van der Waals surface area contributed by atoms with Crippen molar-refractivity contribution in [2.45, 2.75) is 34.1 Å². The van der Waals surface area contributed by atoms with Crippen LogP contribution < -0.4 is 16.2 Å². The second-order valence-electron chi connectivity index (χ2n) is 5.27. The molecule has 4 N–H and O–H groups in total. The van der Waals surface area contributed by atoms with E-state index >= 15 is 0 Å². The second-order valence-corrected chi connectivity index (χ2v) is 5.27. The molecule has 1 aromatic carbocycles. The zero-order valence-electron chi connectivity index (χ0n) is 12.7. The molecule has 5 nitrogen and oxygen atoms in total. The van der Waals surface area contributed by atoms with Crippen molar-refractivity contribution in [3.63, 3.8) is 0 Å². The standard InChI is InChI=1S/C15H24N4O/c1-10(2)5-6-20-13-7-11(3)14(12(4)8-13)9-18-19-15(16)17/h7-10H,5-6H2,1-4H3,(H4,16,17,19). The lowest BCUT2D eigenvalue weighted by molar-refractivity contribution is 0.289. The summed E-state index contributed by atoms with van der Waals surface area (Å²) in [5.41, 5.74) is 13.6. The number of nitrogens with zero attached hydrogens (tertiary/aromatic N) is 2. The molecule has 0 bridgehead atoms. The minimum Gasteiger partial charge on any atom is -0.494 e. The van der Waals surface area contributed by atoms with E-state index in [1.165, 1.54) is 0 Å². The molecular weight excluding hydrogens is 252 g/mol. The zero-order chi connectivity index (χ0) is 15.1. The molecule has 0 aliphatic carbocycles. The van der Waals surface area contributed by atoms with Crippen LogP contribution in [-0.4, -0.2) is 18.8 Å². The van der Waals surface area contributed by atoms with E-state index in [0.29, 0.717) is 5.92 Å². The molecule has 0 radical (unpaired) electrons. The number of hydrogen-bond donors (Lipinski definition) is 2. The van der Waals surface area contributed by atoms with Crippen LogP contribution in [0.15, 0.2) is 22.3 Å². The number of hydrogen-bond acceptors (Lipinski definition) is 3. The number of nitrogens with two attached hydrogens (primary N) is 2. The van der Waals surface area contributed by atoms with Crippen LogP contribution in [0.25, 0.3) is 0 Å². The number of aryl methyl sites for hydroxylation is 2. The van der Waals surface area contributed by atoms with Gasteiger partial charge in [0, 0.05) is 5.56 Å². The van der Waals surface area contributed by atoms with Crippen LogP contribution in [0.2, 0.25) is 0 Å². The smallest absolute Gasteiger partial charge is 0.211 e. The SMILES string of the molecule is Cc1cc(OCCC(C)C)cc(C)c1C=NN=C(N)N. The van der Waals surface area contributed by atoms with Gasteiger partial charge in [-0.2, -0.15) is 5.10 Å². The summed E-state index contributed by atoms with van der Waals surface area (Å²) in [5.74, 6) is 1.48. The van der Waals surface area contributed by atoms with Gasteiger partial charge < -0.3 is 16.2 Å². The number of ether oxygens (including phenoxy) is 1. The molecule has 0 aromatic heterocycles. The fourth-order valence-corrected chi connectivity index (χ4v) is 1.79. The molecule has 0 amide bonds. The average molecular weight is 276 g/mol. The lowest BCUT2D eigenvalue weighted by Gasteiger charge is -2.11. The molecule has 0 fully saturated rings. The zero-order valence-corrected chi connectivity index (χ0v) is 12.7. The molecule has 0 heterocycles. The number of guanidine groups is 1. The highest BCUT2D eigenvalue weighted by atomic mass is 16.5. The highest BCUT2D eigenvalue weighted by Crippen LogP contribution is 2.21. The van der Waals surface area contributed by atoms with E-state index in [-0.39, 0.29) is 5.96 Å². The topological polar surface area (TPSA) is 86.0 Å². The predicted octanol–water partition coefficient (Wildman–Crippen LogP) is 2.34. The fourth-order valence-electron chi connectivity index (χ4n) is 1.79. The van der Waals surface area contributed by atoms with Crippen LogP contribution in [0.5, 0.6) is 5.75 Å². The van der Waals surface area contributed by atoms with Crippen LogP contribution in [0.3, 0.4) is 0 Å². The van der Waals surface area contributed by atoms with Gasteiger partial charge in [0.1, 0.15) is 5.75 Å². The molecule has 0 aliphatic heterocycles. The van der Waals surface area contributed by atoms with E-state index < -0.39 is 0 Å². The van der Waals surface area contributed by atoms with Crippen LogP contribution >= 0.6 is 0 Å². The number of benzene rings is 1. The molecular formula is C15H24N4O. The van der Waals surface area contributed by atoms with Crippen molar-refractivity contribution in [1.29, 1.82) is 0 Å². The molecule has 0 spiro atoms. The van der Waals surface area contributed by atoms with Gasteiger partial charge in [0.25, 0.3) is 0 Å². The van der Waals surface area contributed by atoms with Gasteiger partial charge in [0.15, 0.2) is 0 Å². The maximum Gasteiger partial charge on any atom is 0.211 e. The normalized spacial score (nSPS) is 11.1. The molecule has 0 saturated carbocycles. The Labute approximate surface area is 120 Å². The predicted molar refractivity (Wildman–Crippen MR) is 84.3 cm³/mol. The first-order valence-electron chi connectivity index (χ1n) is 6.76. The molecule has 0 saturated heterocycles. The van der Waals surface area contributed by atoms with E-state index in [0.717, 1.165) is 35.5 Å². The molecule has 5 heteroatoms. The van der Waals surface area contributed by atoms with Crippen molar-refractivity contribution in [1.82, 2.24) is 0 Å². The van der Waals surface area contributed by atoms with Crippen molar-refractivity contribution in [2.24, 2.45) is 27.6 Å². The Bertz CT molecular complexity index is 480. The van der Waals surface area contributed by atoms with Gasteiger partial charge in [-0.1, -0.05) is 13.8 Å². The maximum absolute atomic E-state index is 5.76. The van der Waals surface area contributed by atoms with Gasteiger partial charge in [-0.3, -0.25) is 0 Å². The van der Waals surface area contributed by atoms with Crippen molar-refractivity contribution in [3.8, 4) is 5.75 Å². The minimum absolute atomic E-state index is 0.0507. The van der Waals surface area contributed by atoms with Crippen LogP contribution in [0, 0.1) is 19.8 Å². The van der Waals surface area contributed by atoms with Gasteiger partial charge in [-0.15, -0.1) is 5.10 Å². The van der Waals surface area contributed by atoms with E-state index in [1.807, 2.05) is 26.0 Å². The quantitative estimate of drug-likeness (QED) is 0.475. The first-order valence-corrected chi connectivity index (χ1v) is 6.76. The Morgan fingerprint density at radius 1 is 1.25 bits per heavy atom. The van der Waals surface area contributed by atoms with Crippen LogP contribution in [0.4, 0.5) is 0 Å². The Hall–Kier alpha value is -2.04. The van der Waals surface area contributed by atoms with Gasteiger partial charge in [0.05, 0.1) is 12.8 Å². The maximum atomic E-state index is 5.76. The Balaban J connectivity index is 2.81. The Kier molecular flexibility index (Phi) is 6.03. The molecule has 20 heavy (non-hydrogen) atoms. The number of rotatable bonds is 6. The molecule has 0 unspecified atom stereocenters. The van der Waals surface area contributed by atoms with Gasteiger partial charge in [0.2, 0.25) is 5.96 Å². The summed E-state index contributed by atoms with van der Waals surface area (Å²) in [6.07, 6.45) is 2.70. The van der Waals surface area contributed by atoms with E-state index in [2.05, 4.69) is 24.1 Å². The minimum atomic E-state index is -0.0507. The van der Waals surface area contributed by atoms with Crippen LogP contribution in [-0.2, 0) is 0 Å². The highest BCUT2D eigenvalue weighted by molar-refractivity contribution is 5.85. The average Bonchev–Trinajstić information content (AvgIpc) is 2.32. The van der Waals surface area contributed by atoms with Gasteiger partial charge in [-0.05, 0) is 49.4 Å². The summed E-state index contributed by atoms with van der Waals surface area (Å²) in [6, 6.07) is 4.01. The summed E-state index contributed by atoms with van der Waals surface area (Å²) in [6.45, 7) is 9.13. The Morgan fingerprint density at radius 2 is 1.85 bits per heavy atom. The van der Waals surface area contributed by atoms with Crippen molar-refractivity contribution in [3.05, 3.63) is 28.8 Å². The summed E-state index contributed by atoms with van der Waals surface area (Å²) in [5, 5.41) is 7.45. The van der Waals surface area contributed by atoms with Gasteiger partial charge >= 0.3 is 0 Å². The largest absolute Gasteiger partial charge is 0.494 e. The third kappa shape index (κ3) is 5.30. The summed E-state index contributed by atoms with van der Waals surface area (Å²) < 4.78 is 5.76. The highest BCUT2D eigenvalue weighted by Gasteiger charge is 2.04. The van der Waals surface area contributed by atoms with E-state index in [1.54, 1.807) is 6.21 Å². The van der Waals surface area contributed by atoms with Crippen molar-refractivity contribution < 1.29 is 4.74 Å². The van der Waals surface area contributed by atoms with Crippen molar-refractivity contribution in [2.75, 3.05) is 6.61 Å².